The second-order valence-corrected chi connectivity index (χ2v) is 4.85. The Bertz CT molecular complexity index is 840. The summed E-state index contributed by atoms with van der Waals surface area (Å²) >= 11 is 0. The molecule has 1 amide bonds. The standard InChI is InChI=1S/C18H17N3O4/c1-24-13-7-8-15(17(9-13)25-2)20-11-12(10-19)18(23)21-14-5-3-4-6-16(14)22/h3-9,11,20,22H,1-2H3,(H,21,23)/b12-11-. The van der Waals surface area contributed by atoms with E-state index in [0.717, 1.165) is 0 Å². The van der Waals surface area contributed by atoms with Gasteiger partial charge in [-0.15, -0.1) is 0 Å². The lowest BCUT2D eigenvalue weighted by atomic mass is 10.2. The molecule has 2 aromatic rings. The van der Waals surface area contributed by atoms with E-state index >= 15 is 0 Å². The van der Waals surface area contributed by atoms with Crippen LogP contribution in [0.1, 0.15) is 0 Å². The number of nitrogens with one attached hydrogen (secondary N) is 2. The Morgan fingerprint density at radius 2 is 1.92 bits per heavy atom. The Labute approximate surface area is 145 Å². The first kappa shape index (κ1) is 17.7. The molecule has 0 spiro atoms. The van der Waals surface area contributed by atoms with E-state index in [0.29, 0.717) is 17.2 Å². The molecule has 0 unspecified atom stereocenters. The summed E-state index contributed by atoms with van der Waals surface area (Å²) < 4.78 is 10.3. The van der Waals surface area contributed by atoms with Crippen LogP contribution in [-0.4, -0.2) is 25.2 Å². The molecule has 0 aliphatic carbocycles. The average molecular weight is 339 g/mol. The third-order valence-electron chi connectivity index (χ3n) is 3.30. The van der Waals surface area contributed by atoms with Crippen molar-refractivity contribution in [3.63, 3.8) is 0 Å². The van der Waals surface area contributed by atoms with Gasteiger partial charge in [0.25, 0.3) is 5.91 Å². The fourth-order valence-electron chi connectivity index (χ4n) is 1.99. The highest BCUT2D eigenvalue weighted by Gasteiger charge is 2.12. The Morgan fingerprint density at radius 1 is 1.16 bits per heavy atom. The summed E-state index contributed by atoms with van der Waals surface area (Å²) in [6.45, 7) is 0. The van der Waals surface area contributed by atoms with Crippen LogP contribution in [0.15, 0.2) is 54.2 Å². The van der Waals surface area contributed by atoms with Gasteiger partial charge in [0, 0.05) is 12.3 Å². The predicted molar refractivity (Wildman–Crippen MR) is 93.6 cm³/mol. The van der Waals surface area contributed by atoms with E-state index in [4.69, 9.17) is 9.47 Å². The second kappa shape index (κ2) is 8.26. The number of aromatic hydroxyl groups is 1. The number of phenolic OH excluding ortho intramolecular Hbond substituents is 1. The van der Waals surface area contributed by atoms with Crippen molar-refractivity contribution in [1.82, 2.24) is 0 Å². The van der Waals surface area contributed by atoms with Crippen LogP contribution in [0.3, 0.4) is 0 Å². The van der Waals surface area contributed by atoms with Crippen LogP contribution in [0, 0.1) is 11.3 Å². The molecule has 7 nitrogen and oxygen atoms in total. The monoisotopic (exact) mass is 339 g/mol. The second-order valence-electron chi connectivity index (χ2n) is 4.85. The highest BCUT2D eigenvalue weighted by molar-refractivity contribution is 6.07. The first-order chi connectivity index (χ1) is 12.1. The number of phenols is 1. The summed E-state index contributed by atoms with van der Waals surface area (Å²) in [5.41, 5.74) is 0.614. The molecule has 0 radical (unpaired) electrons. The van der Waals surface area contributed by atoms with E-state index in [1.807, 2.05) is 6.07 Å². The summed E-state index contributed by atoms with van der Waals surface area (Å²) in [5, 5.41) is 24.2. The summed E-state index contributed by atoms with van der Waals surface area (Å²) in [4.78, 5) is 12.2. The lowest BCUT2D eigenvalue weighted by Crippen LogP contribution is -2.14. The van der Waals surface area contributed by atoms with E-state index < -0.39 is 5.91 Å². The van der Waals surface area contributed by atoms with Gasteiger partial charge in [-0.3, -0.25) is 4.79 Å². The first-order valence-corrected chi connectivity index (χ1v) is 7.27. The Balaban J connectivity index is 2.16. The Kier molecular flexibility index (Phi) is 5.85. The van der Waals surface area contributed by atoms with Crippen LogP contribution in [-0.2, 0) is 4.79 Å². The van der Waals surface area contributed by atoms with Crippen LogP contribution in [0.25, 0.3) is 0 Å². The SMILES string of the molecule is COc1ccc(N/C=C(/C#N)C(=O)Nc2ccccc2O)c(OC)c1. The maximum Gasteiger partial charge on any atom is 0.267 e. The Hall–Kier alpha value is -3.66. The number of carbonyl (C=O) groups excluding carboxylic acids is 1. The number of ether oxygens (including phenoxy) is 2. The van der Waals surface area contributed by atoms with Crippen LogP contribution < -0.4 is 20.1 Å². The molecule has 7 heteroatoms. The van der Waals surface area contributed by atoms with E-state index in [1.165, 1.54) is 25.4 Å². The lowest BCUT2D eigenvalue weighted by Gasteiger charge is -2.10. The molecular formula is C18H17N3O4. The number of para-hydroxylation sites is 2. The van der Waals surface area contributed by atoms with Crippen molar-refractivity contribution in [2.24, 2.45) is 0 Å². The minimum Gasteiger partial charge on any atom is -0.506 e. The molecule has 0 bridgehead atoms. The minimum absolute atomic E-state index is 0.0853. The van der Waals surface area contributed by atoms with Gasteiger partial charge in [0.1, 0.15) is 28.9 Å². The summed E-state index contributed by atoms with van der Waals surface area (Å²) in [6, 6.07) is 13.1. The van der Waals surface area contributed by atoms with E-state index in [9.17, 15) is 15.2 Å². The molecular weight excluding hydrogens is 322 g/mol. The highest BCUT2D eigenvalue weighted by atomic mass is 16.5. The molecule has 3 N–H and O–H groups in total. The van der Waals surface area contributed by atoms with E-state index in [-0.39, 0.29) is 17.0 Å². The summed E-state index contributed by atoms with van der Waals surface area (Å²) in [6.07, 6.45) is 1.26. The van der Waals surface area contributed by atoms with Crippen LogP contribution in [0.5, 0.6) is 17.2 Å². The topological polar surface area (TPSA) is 104 Å². The van der Waals surface area contributed by atoms with Gasteiger partial charge in [0.15, 0.2) is 0 Å². The van der Waals surface area contributed by atoms with E-state index in [1.54, 1.807) is 37.4 Å². The number of rotatable bonds is 6. The van der Waals surface area contributed by atoms with Crippen LogP contribution >= 0.6 is 0 Å². The van der Waals surface area contributed by atoms with Crippen molar-refractivity contribution in [3.8, 4) is 23.3 Å². The number of hydrogen-bond donors (Lipinski definition) is 3. The predicted octanol–water partition coefficient (Wildman–Crippen LogP) is 2.87. The van der Waals surface area contributed by atoms with E-state index in [2.05, 4.69) is 10.6 Å². The number of benzene rings is 2. The maximum absolute atomic E-state index is 12.2. The molecule has 128 valence electrons. The van der Waals surface area contributed by atoms with Crippen molar-refractivity contribution in [2.75, 3.05) is 24.9 Å². The number of nitriles is 1. The van der Waals surface area contributed by atoms with Crippen molar-refractivity contribution in [2.45, 2.75) is 0 Å². The van der Waals surface area contributed by atoms with Crippen molar-refractivity contribution >= 4 is 17.3 Å². The quantitative estimate of drug-likeness (QED) is 0.425. The molecule has 0 aliphatic heterocycles. The molecule has 0 heterocycles. The van der Waals surface area contributed by atoms with Crippen molar-refractivity contribution in [1.29, 1.82) is 5.26 Å². The molecule has 25 heavy (non-hydrogen) atoms. The molecule has 0 atom stereocenters. The zero-order valence-electron chi connectivity index (χ0n) is 13.7. The number of carbonyl (C=O) groups is 1. The van der Waals surface area contributed by atoms with Gasteiger partial charge >= 0.3 is 0 Å². The van der Waals surface area contributed by atoms with Gasteiger partial charge in [0.05, 0.1) is 25.6 Å². The number of amides is 1. The summed E-state index contributed by atoms with van der Waals surface area (Å²) in [5.74, 6) is 0.375. The summed E-state index contributed by atoms with van der Waals surface area (Å²) in [7, 11) is 3.04. The van der Waals surface area contributed by atoms with Crippen LogP contribution in [0.2, 0.25) is 0 Å². The largest absolute Gasteiger partial charge is 0.506 e. The normalized spacial score (nSPS) is 10.5. The molecule has 0 saturated heterocycles. The number of nitrogens with zero attached hydrogens (tertiary/aromatic N) is 1. The number of hydrogen-bond acceptors (Lipinski definition) is 6. The number of methoxy groups -OCH3 is 2. The fourth-order valence-corrected chi connectivity index (χ4v) is 1.99. The molecule has 2 rings (SSSR count). The van der Waals surface area contributed by atoms with Gasteiger partial charge in [-0.25, -0.2) is 0 Å². The lowest BCUT2D eigenvalue weighted by molar-refractivity contribution is -0.112. The van der Waals surface area contributed by atoms with Gasteiger partial charge in [-0.1, -0.05) is 12.1 Å². The van der Waals surface area contributed by atoms with Crippen molar-refractivity contribution < 1.29 is 19.4 Å². The fraction of sp³-hybridized carbons (Fsp3) is 0.111. The maximum atomic E-state index is 12.2. The third-order valence-corrected chi connectivity index (χ3v) is 3.30. The molecule has 0 fully saturated rings. The average Bonchev–Trinajstić information content (AvgIpc) is 2.64. The van der Waals surface area contributed by atoms with Gasteiger partial charge in [-0.05, 0) is 24.3 Å². The first-order valence-electron chi connectivity index (χ1n) is 7.27. The molecule has 2 aromatic carbocycles. The molecule has 0 aromatic heterocycles. The number of anilines is 2. The smallest absolute Gasteiger partial charge is 0.267 e. The molecule has 0 saturated carbocycles. The zero-order valence-corrected chi connectivity index (χ0v) is 13.7. The van der Waals surface area contributed by atoms with Gasteiger partial charge in [0.2, 0.25) is 0 Å². The van der Waals surface area contributed by atoms with Crippen LogP contribution in [0.4, 0.5) is 11.4 Å². The Morgan fingerprint density at radius 3 is 2.56 bits per heavy atom. The minimum atomic E-state index is -0.649. The van der Waals surface area contributed by atoms with Gasteiger partial charge < -0.3 is 25.2 Å². The zero-order chi connectivity index (χ0) is 18.2. The van der Waals surface area contributed by atoms with Crippen molar-refractivity contribution in [3.05, 3.63) is 54.2 Å². The molecule has 0 aliphatic rings. The van der Waals surface area contributed by atoms with Gasteiger partial charge in [-0.2, -0.15) is 5.26 Å². The highest BCUT2D eigenvalue weighted by Crippen LogP contribution is 2.29. The third kappa shape index (κ3) is 4.42.